The molecule has 25 heavy (non-hydrogen) atoms. The number of nitriles is 2. The summed E-state index contributed by atoms with van der Waals surface area (Å²) in [4.78, 5) is 0.198. The summed E-state index contributed by atoms with van der Waals surface area (Å²) in [5.41, 5.74) is -0.869. The van der Waals surface area contributed by atoms with Crippen LogP contribution in [0.1, 0.15) is 24.3 Å². The molecule has 2 aromatic rings. The molecule has 2 aromatic carbocycles. The summed E-state index contributed by atoms with van der Waals surface area (Å²) < 4.78 is 26.4. The molecule has 1 aliphatic carbocycles. The summed E-state index contributed by atoms with van der Waals surface area (Å²) in [6.07, 6.45) is 0.445. The van der Waals surface area contributed by atoms with Gasteiger partial charge < -0.3 is 0 Å². The number of nitrogens with zero attached hydrogens (tertiary/aromatic N) is 2. The minimum atomic E-state index is -3.70. The predicted molar refractivity (Wildman–Crippen MR) is 94.5 cm³/mol. The average Bonchev–Trinajstić information content (AvgIpc) is 3.03. The molecule has 1 saturated carbocycles. The highest BCUT2D eigenvalue weighted by Gasteiger charge is 2.55. The van der Waals surface area contributed by atoms with Crippen LogP contribution in [-0.2, 0) is 9.84 Å². The van der Waals surface area contributed by atoms with Crippen molar-refractivity contribution in [3.63, 3.8) is 0 Å². The molecular formula is C19H15ClN2O2S. The summed E-state index contributed by atoms with van der Waals surface area (Å²) in [5.74, 6) is -0.790. The first-order chi connectivity index (χ1) is 12.0. The number of hydrogen-bond acceptors (Lipinski definition) is 4. The Bertz CT molecular complexity index is 960. The summed E-state index contributed by atoms with van der Waals surface area (Å²) in [6.45, 7) is 0. The molecule has 0 spiro atoms. The normalized spacial score (nSPS) is 22.0. The van der Waals surface area contributed by atoms with Gasteiger partial charge in [0.25, 0.3) is 0 Å². The Morgan fingerprint density at radius 3 is 2.20 bits per heavy atom. The van der Waals surface area contributed by atoms with E-state index in [4.69, 9.17) is 11.6 Å². The SMILES string of the molecule is N#CC1(C#N)CC[C@H](S(=O)(=O)c2ccccc2)[C@H]1c1ccccc1Cl. The molecule has 0 heterocycles. The van der Waals surface area contributed by atoms with Crippen molar-refractivity contribution >= 4 is 21.4 Å². The highest BCUT2D eigenvalue weighted by molar-refractivity contribution is 7.92. The molecule has 6 heteroatoms. The smallest absolute Gasteiger partial charge is 0.181 e. The van der Waals surface area contributed by atoms with Gasteiger partial charge in [-0.1, -0.05) is 48.0 Å². The van der Waals surface area contributed by atoms with E-state index < -0.39 is 26.4 Å². The molecule has 0 aliphatic heterocycles. The minimum Gasteiger partial charge on any atom is -0.223 e. The van der Waals surface area contributed by atoms with Gasteiger partial charge in [-0.3, -0.25) is 0 Å². The van der Waals surface area contributed by atoms with Crippen LogP contribution in [0.15, 0.2) is 59.5 Å². The standard InChI is InChI=1S/C19H15ClN2O2S/c20-16-9-5-4-8-15(16)18-17(10-11-19(18,12-21)13-22)25(23,24)14-6-2-1-3-7-14/h1-9,17-18H,10-11H2/t17-,18+/m0/s1. The van der Waals surface area contributed by atoms with Crippen LogP contribution in [0.25, 0.3) is 0 Å². The minimum absolute atomic E-state index is 0.198. The maximum atomic E-state index is 13.2. The van der Waals surface area contributed by atoms with Crippen molar-refractivity contribution < 1.29 is 8.42 Å². The topological polar surface area (TPSA) is 81.7 Å². The summed E-state index contributed by atoms with van der Waals surface area (Å²) in [7, 11) is -3.70. The van der Waals surface area contributed by atoms with Gasteiger partial charge in [0.2, 0.25) is 0 Å². The Morgan fingerprint density at radius 2 is 1.60 bits per heavy atom. The molecule has 1 fully saturated rings. The van der Waals surface area contributed by atoms with Gasteiger partial charge in [0.15, 0.2) is 15.3 Å². The summed E-state index contributed by atoms with van der Waals surface area (Å²) >= 11 is 6.29. The highest BCUT2D eigenvalue weighted by atomic mass is 35.5. The number of sulfone groups is 1. The van der Waals surface area contributed by atoms with Crippen LogP contribution in [0, 0.1) is 28.1 Å². The van der Waals surface area contributed by atoms with Gasteiger partial charge in [-0.2, -0.15) is 10.5 Å². The molecule has 0 aromatic heterocycles. The van der Waals surface area contributed by atoms with Gasteiger partial charge in [-0.05, 0) is 36.6 Å². The highest BCUT2D eigenvalue weighted by Crippen LogP contribution is 2.53. The molecule has 0 bridgehead atoms. The number of halogens is 1. The molecule has 2 atom stereocenters. The molecule has 0 unspecified atom stereocenters. The van der Waals surface area contributed by atoms with Crippen molar-refractivity contribution in [3.05, 3.63) is 65.2 Å². The van der Waals surface area contributed by atoms with Crippen molar-refractivity contribution in [2.24, 2.45) is 5.41 Å². The first-order valence-corrected chi connectivity index (χ1v) is 9.74. The molecule has 1 aliphatic rings. The van der Waals surface area contributed by atoms with Gasteiger partial charge in [-0.25, -0.2) is 8.42 Å². The third-order valence-electron chi connectivity index (χ3n) is 4.84. The van der Waals surface area contributed by atoms with E-state index in [1.807, 2.05) is 0 Å². The van der Waals surface area contributed by atoms with E-state index in [-0.39, 0.29) is 17.7 Å². The van der Waals surface area contributed by atoms with Crippen LogP contribution in [0.2, 0.25) is 5.02 Å². The quantitative estimate of drug-likeness (QED) is 0.814. The lowest BCUT2D eigenvalue weighted by atomic mass is 9.76. The fourth-order valence-electron chi connectivity index (χ4n) is 3.60. The molecule has 126 valence electrons. The molecule has 3 rings (SSSR count). The van der Waals surface area contributed by atoms with E-state index in [9.17, 15) is 18.9 Å². The first kappa shape index (κ1) is 17.5. The molecular weight excluding hydrogens is 356 g/mol. The zero-order valence-electron chi connectivity index (χ0n) is 13.3. The number of rotatable bonds is 3. The molecule has 4 nitrogen and oxygen atoms in total. The molecule has 0 N–H and O–H groups in total. The van der Waals surface area contributed by atoms with E-state index >= 15 is 0 Å². The molecule has 0 amide bonds. The molecule has 0 saturated heterocycles. The van der Waals surface area contributed by atoms with Gasteiger partial charge in [0.05, 0.1) is 22.3 Å². The third-order valence-corrected chi connectivity index (χ3v) is 7.41. The maximum absolute atomic E-state index is 13.2. The average molecular weight is 371 g/mol. The van der Waals surface area contributed by atoms with Gasteiger partial charge in [0, 0.05) is 10.9 Å². The van der Waals surface area contributed by atoms with Crippen LogP contribution in [0.4, 0.5) is 0 Å². The van der Waals surface area contributed by atoms with Crippen molar-refractivity contribution in [2.75, 3.05) is 0 Å². The third kappa shape index (κ3) is 2.80. The maximum Gasteiger partial charge on any atom is 0.181 e. The summed E-state index contributed by atoms with van der Waals surface area (Å²) in [5, 5.41) is 18.9. The van der Waals surface area contributed by atoms with Gasteiger partial charge in [0.1, 0.15) is 0 Å². The van der Waals surface area contributed by atoms with E-state index in [1.54, 1.807) is 42.5 Å². The van der Waals surface area contributed by atoms with E-state index in [0.717, 1.165) is 0 Å². The monoisotopic (exact) mass is 370 g/mol. The molecule has 0 radical (unpaired) electrons. The second kappa shape index (κ2) is 6.52. The number of benzene rings is 2. The van der Waals surface area contributed by atoms with Crippen molar-refractivity contribution in [1.29, 1.82) is 10.5 Å². The van der Waals surface area contributed by atoms with Crippen LogP contribution >= 0.6 is 11.6 Å². The lowest BCUT2D eigenvalue weighted by Crippen LogP contribution is -2.31. The fourth-order valence-corrected chi connectivity index (χ4v) is 5.90. The largest absolute Gasteiger partial charge is 0.223 e. The lowest BCUT2D eigenvalue weighted by molar-refractivity contribution is 0.471. The Kier molecular flexibility index (Phi) is 4.56. The van der Waals surface area contributed by atoms with Crippen molar-refractivity contribution in [2.45, 2.75) is 28.9 Å². The Hall–Kier alpha value is -2.34. The Balaban J connectivity index is 2.19. The van der Waals surface area contributed by atoms with Crippen molar-refractivity contribution in [3.8, 4) is 12.1 Å². The fraction of sp³-hybridized carbons (Fsp3) is 0.263. The lowest BCUT2D eigenvalue weighted by Gasteiger charge is -2.27. The second-order valence-corrected chi connectivity index (χ2v) is 8.70. The first-order valence-electron chi connectivity index (χ1n) is 7.82. The van der Waals surface area contributed by atoms with Crippen molar-refractivity contribution in [1.82, 2.24) is 0 Å². The Labute approximate surface area is 152 Å². The van der Waals surface area contributed by atoms with E-state index in [2.05, 4.69) is 12.1 Å². The zero-order chi connectivity index (χ0) is 18.1. The number of hydrogen-bond donors (Lipinski definition) is 0. The van der Waals surface area contributed by atoms with Crippen LogP contribution in [-0.4, -0.2) is 13.7 Å². The predicted octanol–water partition coefficient (Wildman–Crippen LogP) is 4.09. The van der Waals surface area contributed by atoms with Crippen LogP contribution in [0.5, 0.6) is 0 Å². The van der Waals surface area contributed by atoms with Gasteiger partial charge in [-0.15, -0.1) is 0 Å². The van der Waals surface area contributed by atoms with Gasteiger partial charge >= 0.3 is 0 Å². The van der Waals surface area contributed by atoms with E-state index in [0.29, 0.717) is 10.6 Å². The van der Waals surface area contributed by atoms with Crippen LogP contribution in [0.3, 0.4) is 0 Å². The summed E-state index contributed by atoms with van der Waals surface area (Å²) in [6, 6.07) is 19.1. The zero-order valence-corrected chi connectivity index (χ0v) is 14.8. The Morgan fingerprint density at radius 1 is 1.00 bits per heavy atom. The van der Waals surface area contributed by atoms with Crippen LogP contribution < -0.4 is 0 Å². The van der Waals surface area contributed by atoms with E-state index in [1.165, 1.54) is 12.1 Å². The second-order valence-electron chi connectivity index (χ2n) is 6.13.